The third kappa shape index (κ3) is 6.28. The maximum Gasteiger partial charge on any atom is 0.247 e. The van der Waals surface area contributed by atoms with Crippen molar-refractivity contribution < 1.29 is 18.0 Å². The molecule has 35 heavy (non-hydrogen) atoms. The van der Waals surface area contributed by atoms with Gasteiger partial charge in [-0.05, 0) is 36.0 Å². The second-order valence-corrected chi connectivity index (χ2v) is 12.4. The molecule has 2 amide bonds. The van der Waals surface area contributed by atoms with E-state index < -0.39 is 21.3 Å². The number of benzene rings is 3. The van der Waals surface area contributed by atoms with E-state index in [1.807, 2.05) is 51.1 Å². The normalized spacial score (nSPS) is 14.9. The quantitative estimate of drug-likeness (QED) is 0.475. The minimum atomic E-state index is -3.54. The monoisotopic (exact) mass is 492 g/mol. The van der Waals surface area contributed by atoms with Crippen LogP contribution >= 0.6 is 0 Å². The lowest BCUT2D eigenvalue weighted by Crippen LogP contribution is -2.45. The number of hydrogen-bond donors (Lipinski definition) is 2. The van der Waals surface area contributed by atoms with Crippen molar-refractivity contribution in [2.24, 2.45) is 11.3 Å². The largest absolute Gasteiger partial charge is 0.344 e. The maximum atomic E-state index is 13.4. The molecule has 0 saturated heterocycles. The lowest BCUT2D eigenvalue weighted by Gasteiger charge is -2.21. The molecule has 0 spiro atoms. The summed E-state index contributed by atoms with van der Waals surface area (Å²) in [7, 11) is -3.54. The predicted octanol–water partition coefficient (Wildman–Crippen LogP) is 4.74. The minimum Gasteiger partial charge on any atom is -0.344 e. The molecule has 0 bridgehead atoms. The Bertz CT molecular complexity index is 1340. The van der Waals surface area contributed by atoms with Gasteiger partial charge < -0.3 is 10.6 Å². The molecular formula is C28H32N2O4S. The summed E-state index contributed by atoms with van der Waals surface area (Å²) in [6.45, 7) is 5.68. The Morgan fingerprint density at radius 3 is 2.23 bits per heavy atom. The van der Waals surface area contributed by atoms with E-state index in [9.17, 15) is 18.0 Å². The summed E-state index contributed by atoms with van der Waals surface area (Å²) in [5.74, 6) is -0.440. The summed E-state index contributed by atoms with van der Waals surface area (Å²) in [5, 5.41) is 7.07. The zero-order valence-corrected chi connectivity index (χ0v) is 21.2. The summed E-state index contributed by atoms with van der Waals surface area (Å²) in [5.41, 5.74) is 1.06. The van der Waals surface area contributed by atoms with E-state index in [2.05, 4.69) is 10.6 Å². The molecule has 0 aromatic heterocycles. The molecule has 1 saturated carbocycles. The van der Waals surface area contributed by atoms with Crippen molar-refractivity contribution in [3.8, 4) is 0 Å². The fourth-order valence-corrected chi connectivity index (χ4v) is 6.32. The topological polar surface area (TPSA) is 92.3 Å². The molecule has 7 heteroatoms. The number of anilines is 1. The highest BCUT2D eigenvalue weighted by molar-refractivity contribution is 7.91. The first-order chi connectivity index (χ1) is 16.5. The number of amides is 2. The van der Waals surface area contributed by atoms with Crippen LogP contribution < -0.4 is 10.6 Å². The predicted molar refractivity (Wildman–Crippen MR) is 139 cm³/mol. The number of rotatable bonds is 8. The van der Waals surface area contributed by atoms with Gasteiger partial charge >= 0.3 is 0 Å². The van der Waals surface area contributed by atoms with Crippen molar-refractivity contribution in [2.45, 2.75) is 51.0 Å². The summed E-state index contributed by atoms with van der Waals surface area (Å²) in [6.07, 6.45) is 2.06. The molecule has 0 heterocycles. The minimum absolute atomic E-state index is 0.0159. The zero-order valence-electron chi connectivity index (χ0n) is 20.4. The lowest BCUT2D eigenvalue weighted by molar-refractivity contribution is -0.127. The Morgan fingerprint density at radius 1 is 0.914 bits per heavy atom. The van der Waals surface area contributed by atoms with E-state index in [0.717, 1.165) is 18.4 Å². The van der Waals surface area contributed by atoms with E-state index in [-0.39, 0.29) is 28.4 Å². The van der Waals surface area contributed by atoms with Crippen molar-refractivity contribution in [3.05, 3.63) is 72.3 Å². The lowest BCUT2D eigenvalue weighted by atomic mass is 10.0. The standard InChI is InChI=1S/C28H32N2O4S/c1-28(2,3)18-35(33,34)25-14-8-11-21-22(25)12-7-13-23(21)29-27(32)24(30-26(31)20-15-16-20)17-19-9-5-4-6-10-19/h4-14,20,24H,15-18H2,1-3H3,(H,29,32)(H,30,31)/t24-/m0/s1. The van der Waals surface area contributed by atoms with Gasteiger partial charge in [0.2, 0.25) is 11.8 Å². The van der Waals surface area contributed by atoms with Crippen LogP contribution in [0.15, 0.2) is 71.6 Å². The van der Waals surface area contributed by atoms with Crippen molar-refractivity contribution in [1.82, 2.24) is 5.32 Å². The Kier molecular flexibility index (Phi) is 6.99. The first kappa shape index (κ1) is 24.9. The summed E-state index contributed by atoms with van der Waals surface area (Å²) >= 11 is 0. The number of hydrogen-bond acceptors (Lipinski definition) is 4. The van der Waals surface area contributed by atoms with E-state index in [1.165, 1.54) is 0 Å². The van der Waals surface area contributed by atoms with Crippen LogP contribution in [0.3, 0.4) is 0 Å². The number of fused-ring (bicyclic) bond motifs is 1. The highest BCUT2D eigenvalue weighted by atomic mass is 32.2. The van der Waals surface area contributed by atoms with Gasteiger partial charge in [0.1, 0.15) is 6.04 Å². The molecule has 1 aliphatic rings. The Balaban J connectivity index is 1.64. The van der Waals surface area contributed by atoms with Crippen LogP contribution in [-0.2, 0) is 25.8 Å². The van der Waals surface area contributed by atoms with Crippen LogP contribution in [-0.4, -0.2) is 32.0 Å². The number of sulfone groups is 1. The molecule has 1 aliphatic carbocycles. The molecule has 184 valence electrons. The molecule has 1 atom stereocenters. The van der Waals surface area contributed by atoms with Gasteiger partial charge in [0, 0.05) is 28.8 Å². The smallest absolute Gasteiger partial charge is 0.247 e. The van der Waals surface area contributed by atoms with Gasteiger partial charge in [-0.2, -0.15) is 0 Å². The van der Waals surface area contributed by atoms with E-state index in [0.29, 0.717) is 22.9 Å². The second kappa shape index (κ2) is 9.82. The molecule has 4 rings (SSSR count). The summed E-state index contributed by atoms with van der Waals surface area (Å²) < 4.78 is 26.3. The Hall–Kier alpha value is -3.19. The van der Waals surface area contributed by atoms with Crippen molar-refractivity contribution in [2.75, 3.05) is 11.1 Å². The first-order valence-corrected chi connectivity index (χ1v) is 13.6. The van der Waals surface area contributed by atoms with E-state index in [1.54, 1.807) is 36.4 Å². The van der Waals surface area contributed by atoms with E-state index >= 15 is 0 Å². The van der Waals surface area contributed by atoms with Crippen molar-refractivity contribution >= 4 is 38.1 Å². The highest BCUT2D eigenvalue weighted by Gasteiger charge is 2.33. The van der Waals surface area contributed by atoms with Gasteiger partial charge in [0.15, 0.2) is 9.84 Å². The molecule has 2 N–H and O–H groups in total. The molecule has 0 unspecified atom stereocenters. The molecule has 0 aliphatic heterocycles. The van der Waals surface area contributed by atoms with Crippen LogP contribution in [0.1, 0.15) is 39.2 Å². The number of carbonyl (C=O) groups excluding carboxylic acids is 2. The van der Waals surface area contributed by atoms with Gasteiger partial charge in [-0.15, -0.1) is 0 Å². The van der Waals surface area contributed by atoms with Crippen LogP contribution in [0.25, 0.3) is 10.8 Å². The summed E-state index contributed by atoms with van der Waals surface area (Å²) in [4.78, 5) is 26.1. The summed E-state index contributed by atoms with van der Waals surface area (Å²) in [6, 6.07) is 19.2. The zero-order chi connectivity index (χ0) is 25.2. The van der Waals surface area contributed by atoms with Crippen molar-refractivity contribution in [3.63, 3.8) is 0 Å². The van der Waals surface area contributed by atoms with E-state index in [4.69, 9.17) is 0 Å². The van der Waals surface area contributed by atoms with Gasteiger partial charge in [-0.1, -0.05) is 75.4 Å². The van der Waals surface area contributed by atoms with Gasteiger partial charge in [0.25, 0.3) is 0 Å². The Morgan fingerprint density at radius 2 is 1.57 bits per heavy atom. The maximum absolute atomic E-state index is 13.4. The van der Waals surface area contributed by atoms with Crippen LogP contribution in [0.2, 0.25) is 0 Å². The third-order valence-electron chi connectivity index (χ3n) is 5.96. The highest BCUT2D eigenvalue weighted by Crippen LogP contribution is 2.32. The number of carbonyl (C=O) groups is 2. The number of nitrogens with one attached hydrogen (secondary N) is 2. The SMILES string of the molecule is CC(C)(C)CS(=O)(=O)c1cccc2c(NC(=O)[C@H](Cc3ccccc3)NC(=O)C3CC3)cccc12. The molecule has 6 nitrogen and oxygen atoms in total. The molecule has 1 fully saturated rings. The fraction of sp³-hybridized carbons (Fsp3) is 0.357. The first-order valence-electron chi connectivity index (χ1n) is 11.9. The molecule has 3 aromatic carbocycles. The molecular weight excluding hydrogens is 460 g/mol. The average Bonchev–Trinajstić information content (AvgIpc) is 3.63. The fourth-order valence-electron chi connectivity index (χ4n) is 4.22. The molecule has 0 radical (unpaired) electrons. The Labute approximate surface area is 207 Å². The van der Waals surface area contributed by atoms with Gasteiger partial charge in [0.05, 0.1) is 10.6 Å². The second-order valence-electron chi connectivity index (χ2n) is 10.5. The average molecular weight is 493 g/mol. The van der Waals surface area contributed by atoms with Crippen LogP contribution in [0.4, 0.5) is 5.69 Å². The third-order valence-corrected chi connectivity index (χ3v) is 8.23. The van der Waals surface area contributed by atoms with Crippen LogP contribution in [0.5, 0.6) is 0 Å². The molecule has 3 aromatic rings. The van der Waals surface area contributed by atoms with Gasteiger partial charge in [-0.3, -0.25) is 9.59 Å². The van der Waals surface area contributed by atoms with Crippen molar-refractivity contribution in [1.29, 1.82) is 0 Å². The van der Waals surface area contributed by atoms with Gasteiger partial charge in [-0.25, -0.2) is 8.42 Å². The van der Waals surface area contributed by atoms with Crippen LogP contribution in [0, 0.1) is 11.3 Å².